The van der Waals surface area contributed by atoms with Gasteiger partial charge >= 0.3 is 0 Å². The van der Waals surface area contributed by atoms with Crippen LogP contribution < -0.4 is 5.48 Å². The number of rotatable bonds is 6. The second kappa shape index (κ2) is 7.59. The molecule has 2 aromatic rings. The number of nitrogens with one attached hydrogen (secondary N) is 1. The molecule has 2 aromatic carbocycles. The molecule has 2 saturated heterocycles. The average molecular weight is 401 g/mol. The Bertz CT molecular complexity index is 902. The van der Waals surface area contributed by atoms with Crippen LogP contribution in [0.5, 0.6) is 0 Å². The van der Waals surface area contributed by atoms with Crippen molar-refractivity contribution in [2.45, 2.75) is 48.5 Å². The molecule has 2 fully saturated rings. The molecule has 0 aromatic heterocycles. The van der Waals surface area contributed by atoms with E-state index in [0.717, 1.165) is 13.0 Å². The maximum absolute atomic E-state index is 13.7. The molecule has 0 aliphatic carbocycles. The Morgan fingerprint density at radius 2 is 1.75 bits per heavy atom. The topological polar surface area (TPSA) is 58.6 Å². The first-order valence-corrected chi connectivity index (χ1v) is 11.4. The van der Waals surface area contributed by atoms with Crippen LogP contribution in [0.15, 0.2) is 65.6 Å². The molecule has 150 valence electrons. The van der Waals surface area contributed by atoms with Crippen LogP contribution in [0.3, 0.4) is 0 Å². The molecule has 0 unspecified atom stereocenters. The van der Waals surface area contributed by atoms with Crippen LogP contribution in [-0.2, 0) is 21.2 Å². The minimum atomic E-state index is -3.56. The summed E-state index contributed by atoms with van der Waals surface area (Å²) in [5.41, 5.74) is 4.28. The summed E-state index contributed by atoms with van der Waals surface area (Å²) < 4.78 is 26.5. The van der Waals surface area contributed by atoms with Gasteiger partial charge in [-0.1, -0.05) is 62.4 Å². The van der Waals surface area contributed by atoms with Crippen molar-refractivity contribution >= 4 is 9.84 Å². The van der Waals surface area contributed by atoms with Crippen molar-refractivity contribution < 1.29 is 13.3 Å². The van der Waals surface area contributed by atoms with Crippen LogP contribution in [-0.4, -0.2) is 43.3 Å². The van der Waals surface area contributed by atoms with Gasteiger partial charge < -0.3 is 0 Å². The first-order chi connectivity index (χ1) is 13.4. The highest BCUT2D eigenvalue weighted by Gasteiger charge is 2.63. The van der Waals surface area contributed by atoms with Crippen molar-refractivity contribution in [1.82, 2.24) is 10.4 Å². The molecule has 1 N–H and O–H groups in total. The molecule has 6 heteroatoms. The number of hydrogen-bond acceptors (Lipinski definition) is 5. The van der Waals surface area contributed by atoms with Gasteiger partial charge in [-0.05, 0) is 30.0 Å². The van der Waals surface area contributed by atoms with Gasteiger partial charge in [-0.15, -0.1) is 0 Å². The molecule has 5 nitrogen and oxygen atoms in total. The van der Waals surface area contributed by atoms with E-state index in [0.29, 0.717) is 17.4 Å². The number of fused-ring (bicyclic) bond motifs is 1. The van der Waals surface area contributed by atoms with Crippen LogP contribution in [0.25, 0.3) is 0 Å². The molecule has 2 aliphatic heterocycles. The number of nitrogens with zero attached hydrogens (tertiary/aromatic N) is 1. The molecule has 3 atom stereocenters. The van der Waals surface area contributed by atoms with Gasteiger partial charge in [-0.3, -0.25) is 9.74 Å². The lowest BCUT2D eigenvalue weighted by Gasteiger charge is -2.29. The quantitative estimate of drug-likeness (QED) is 0.808. The number of benzene rings is 2. The Balaban J connectivity index is 1.73. The fraction of sp³-hybridized carbons (Fsp3) is 0.455. The van der Waals surface area contributed by atoms with Crippen LogP contribution in [0.4, 0.5) is 0 Å². The Morgan fingerprint density at radius 1 is 1.11 bits per heavy atom. The molecule has 4 rings (SSSR count). The molecular formula is C22H28N2O3S. The van der Waals surface area contributed by atoms with Gasteiger partial charge in [0.1, 0.15) is 4.75 Å². The van der Waals surface area contributed by atoms with Crippen molar-refractivity contribution in [3.05, 3.63) is 66.2 Å². The van der Waals surface area contributed by atoms with E-state index in [1.807, 2.05) is 24.3 Å². The van der Waals surface area contributed by atoms with E-state index in [2.05, 4.69) is 36.4 Å². The second-order valence-electron chi connectivity index (χ2n) is 8.35. The van der Waals surface area contributed by atoms with E-state index in [4.69, 9.17) is 4.84 Å². The second-order valence-corrected chi connectivity index (χ2v) is 10.6. The van der Waals surface area contributed by atoms with Crippen LogP contribution in [0, 0.1) is 5.92 Å². The highest BCUT2D eigenvalue weighted by molar-refractivity contribution is 7.93. The van der Waals surface area contributed by atoms with E-state index < -0.39 is 14.6 Å². The summed E-state index contributed by atoms with van der Waals surface area (Å²) in [4.78, 5) is 8.28. The summed E-state index contributed by atoms with van der Waals surface area (Å²) >= 11 is 0. The number of hydrogen-bond donors (Lipinski definition) is 1. The third kappa shape index (κ3) is 3.28. The first kappa shape index (κ1) is 19.6. The zero-order valence-corrected chi connectivity index (χ0v) is 17.2. The molecule has 0 spiro atoms. The van der Waals surface area contributed by atoms with Gasteiger partial charge in [-0.25, -0.2) is 8.42 Å². The van der Waals surface area contributed by atoms with Crippen molar-refractivity contribution in [1.29, 1.82) is 0 Å². The molecular weight excluding hydrogens is 372 g/mol. The highest BCUT2D eigenvalue weighted by atomic mass is 32.2. The predicted octanol–water partition coefficient (Wildman–Crippen LogP) is 3.03. The van der Waals surface area contributed by atoms with E-state index in [9.17, 15) is 8.42 Å². The van der Waals surface area contributed by atoms with Crippen LogP contribution >= 0.6 is 0 Å². The van der Waals surface area contributed by atoms with Crippen molar-refractivity contribution in [3.8, 4) is 0 Å². The SMILES string of the molecule is CC(C)C[C@H]1[C@@H]2NOC[C@]2(S(=O)(=O)c2ccccc2)CN1Cc1ccccc1. The zero-order valence-electron chi connectivity index (χ0n) is 16.4. The van der Waals surface area contributed by atoms with E-state index in [-0.39, 0.29) is 18.7 Å². The molecule has 2 heterocycles. The fourth-order valence-corrected chi connectivity index (χ4v) is 6.69. The summed E-state index contributed by atoms with van der Waals surface area (Å²) in [7, 11) is -3.56. The van der Waals surface area contributed by atoms with Gasteiger partial charge in [0.05, 0.1) is 17.5 Å². The van der Waals surface area contributed by atoms with Gasteiger partial charge in [0.2, 0.25) is 0 Å². The average Bonchev–Trinajstić information content (AvgIpc) is 3.23. The number of hydroxylamine groups is 1. The van der Waals surface area contributed by atoms with Gasteiger partial charge in [0.15, 0.2) is 9.84 Å². The summed E-state index contributed by atoms with van der Waals surface area (Å²) in [6, 6.07) is 18.9. The molecule has 2 aliphatic rings. The molecule has 0 saturated carbocycles. The largest absolute Gasteiger partial charge is 0.300 e. The maximum Gasteiger partial charge on any atom is 0.189 e. The zero-order chi connectivity index (χ0) is 19.8. The Morgan fingerprint density at radius 3 is 2.39 bits per heavy atom. The van der Waals surface area contributed by atoms with Crippen molar-refractivity contribution in [2.24, 2.45) is 5.92 Å². The third-order valence-corrected chi connectivity index (χ3v) is 8.41. The van der Waals surface area contributed by atoms with Crippen molar-refractivity contribution in [2.75, 3.05) is 13.2 Å². The lowest BCUT2D eigenvalue weighted by atomic mass is 9.94. The fourth-order valence-electron chi connectivity index (χ4n) is 4.62. The van der Waals surface area contributed by atoms with Crippen LogP contribution in [0.1, 0.15) is 25.8 Å². The lowest BCUT2D eigenvalue weighted by molar-refractivity contribution is 0.0528. The van der Waals surface area contributed by atoms with E-state index >= 15 is 0 Å². The molecule has 0 bridgehead atoms. The standard InChI is InChI=1S/C22H28N2O3S/c1-17(2)13-20-21-22(16-27-23-21,28(25,26)19-11-7-4-8-12-19)15-24(20)14-18-9-5-3-6-10-18/h3-12,17,20-21,23H,13-16H2,1-2H3/t20-,21-,22+/m0/s1. The molecule has 0 amide bonds. The molecule has 28 heavy (non-hydrogen) atoms. The summed E-state index contributed by atoms with van der Waals surface area (Å²) in [5.74, 6) is 0.459. The third-order valence-electron chi connectivity index (χ3n) is 5.95. The van der Waals surface area contributed by atoms with Gasteiger partial charge in [-0.2, -0.15) is 5.48 Å². The Hall–Kier alpha value is -1.73. The van der Waals surface area contributed by atoms with E-state index in [1.165, 1.54) is 5.56 Å². The highest BCUT2D eigenvalue weighted by Crippen LogP contribution is 2.43. The predicted molar refractivity (Wildman–Crippen MR) is 109 cm³/mol. The summed E-state index contributed by atoms with van der Waals surface area (Å²) in [6.07, 6.45) is 0.917. The molecule has 0 radical (unpaired) electrons. The monoisotopic (exact) mass is 400 g/mol. The normalized spacial score (nSPS) is 28.0. The van der Waals surface area contributed by atoms with Gasteiger partial charge in [0, 0.05) is 19.1 Å². The summed E-state index contributed by atoms with van der Waals surface area (Å²) in [6.45, 7) is 5.75. The minimum absolute atomic E-state index is 0.0983. The smallest absolute Gasteiger partial charge is 0.189 e. The maximum atomic E-state index is 13.7. The number of likely N-dealkylation sites (tertiary alicyclic amines) is 1. The lowest BCUT2D eigenvalue weighted by Crippen LogP contribution is -2.52. The Kier molecular flexibility index (Phi) is 5.31. The Labute approximate surface area is 167 Å². The first-order valence-electron chi connectivity index (χ1n) is 9.89. The van der Waals surface area contributed by atoms with E-state index in [1.54, 1.807) is 24.3 Å². The minimum Gasteiger partial charge on any atom is -0.300 e. The number of sulfone groups is 1. The van der Waals surface area contributed by atoms with Crippen molar-refractivity contribution in [3.63, 3.8) is 0 Å². The van der Waals surface area contributed by atoms with Gasteiger partial charge in [0.25, 0.3) is 0 Å². The summed E-state index contributed by atoms with van der Waals surface area (Å²) in [5, 5.41) is 0. The van der Waals surface area contributed by atoms with Crippen LogP contribution in [0.2, 0.25) is 0 Å².